The number of guanidine groups is 1. The summed E-state index contributed by atoms with van der Waals surface area (Å²) < 4.78 is 16.8. The first-order valence-electron chi connectivity index (χ1n) is 11.6. The molecule has 0 unspecified atom stereocenters. The molecule has 0 aromatic heterocycles. The van der Waals surface area contributed by atoms with E-state index in [2.05, 4.69) is 58.6 Å². The van der Waals surface area contributed by atoms with E-state index in [1.54, 1.807) is 0 Å². The fourth-order valence-corrected chi connectivity index (χ4v) is 4.46. The Hall–Kier alpha value is -1.10. The van der Waals surface area contributed by atoms with E-state index in [9.17, 15) is 0 Å². The number of hydrogen-bond acceptors (Lipinski definition) is 5. The lowest BCUT2D eigenvalue weighted by Gasteiger charge is -2.41. The largest absolute Gasteiger partial charge is 0.494 e. The van der Waals surface area contributed by atoms with Gasteiger partial charge in [0.15, 0.2) is 5.96 Å². The van der Waals surface area contributed by atoms with E-state index in [0.717, 1.165) is 77.2 Å². The number of aliphatic imine (C=N–C) groups is 1. The molecular weight excluding hydrogens is 519 g/mol. The average molecular weight is 561 g/mol. The Morgan fingerprint density at radius 3 is 2.28 bits per heavy atom. The molecule has 0 aliphatic carbocycles. The molecule has 2 aliphatic heterocycles. The summed E-state index contributed by atoms with van der Waals surface area (Å²) in [6.07, 6.45) is 1.98. The highest BCUT2D eigenvalue weighted by molar-refractivity contribution is 14.0. The number of hydrogen-bond donors (Lipinski definition) is 2. The molecule has 2 fully saturated rings. The summed E-state index contributed by atoms with van der Waals surface area (Å²) in [5.41, 5.74) is 1.39. The van der Waals surface area contributed by atoms with Crippen LogP contribution >= 0.6 is 24.0 Å². The first kappa shape index (κ1) is 27.1. The Balaban J connectivity index is 0.00000363. The number of benzene rings is 1. The third-order valence-corrected chi connectivity index (χ3v) is 6.60. The van der Waals surface area contributed by atoms with E-state index in [-0.39, 0.29) is 34.9 Å². The molecule has 0 atom stereocenters. The summed E-state index contributed by atoms with van der Waals surface area (Å²) in [7, 11) is 1.84. The zero-order valence-corrected chi connectivity index (χ0v) is 22.4. The van der Waals surface area contributed by atoms with E-state index < -0.39 is 0 Å². The molecule has 1 aromatic rings. The smallest absolute Gasteiger partial charge is 0.191 e. The summed E-state index contributed by atoms with van der Waals surface area (Å²) >= 11 is 0. The van der Waals surface area contributed by atoms with Crippen molar-refractivity contribution in [3.05, 3.63) is 29.8 Å². The fourth-order valence-electron chi connectivity index (χ4n) is 4.46. The second-order valence-electron chi connectivity index (χ2n) is 9.04. The summed E-state index contributed by atoms with van der Waals surface area (Å²) in [6, 6.07) is 8.56. The standard InChI is InChI=1S/C24H40N4O3.HI/c1-5-31-21-8-6-20(7-9-21)24(10-14-29-15-11-24)19-27-22(25-4)26-18-23(2,3)28-12-16-30-17-13-28;/h6-9H,5,10-19H2,1-4H3,(H2,25,26,27);1H. The minimum Gasteiger partial charge on any atom is -0.494 e. The molecule has 0 saturated carbocycles. The van der Waals surface area contributed by atoms with Crippen molar-refractivity contribution >= 4 is 29.9 Å². The van der Waals surface area contributed by atoms with Crippen molar-refractivity contribution in [3.63, 3.8) is 0 Å². The summed E-state index contributed by atoms with van der Waals surface area (Å²) in [5, 5.41) is 7.15. The third kappa shape index (κ3) is 7.20. The van der Waals surface area contributed by atoms with Gasteiger partial charge in [0.05, 0.1) is 19.8 Å². The summed E-state index contributed by atoms with van der Waals surface area (Å²) in [5.74, 6) is 1.77. The van der Waals surface area contributed by atoms with Crippen molar-refractivity contribution < 1.29 is 14.2 Å². The normalized spacial score (nSPS) is 19.7. The van der Waals surface area contributed by atoms with Crippen molar-refractivity contribution in [2.24, 2.45) is 4.99 Å². The molecule has 0 bridgehead atoms. The molecular formula is C24H41IN4O3. The van der Waals surface area contributed by atoms with Crippen LogP contribution < -0.4 is 15.4 Å². The Kier molecular flexibility index (Phi) is 11.0. The van der Waals surface area contributed by atoms with Gasteiger partial charge in [-0.15, -0.1) is 24.0 Å². The molecule has 2 saturated heterocycles. The number of halogens is 1. The lowest BCUT2D eigenvalue weighted by Crippen LogP contribution is -2.57. The van der Waals surface area contributed by atoms with Crippen LogP contribution in [-0.2, 0) is 14.9 Å². The van der Waals surface area contributed by atoms with Gasteiger partial charge in [-0.25, -0.2) is 0 Å². The highest BCUT2D eigenvalue weighted by Gasteiger charge is 2.35. The van der Waals surface area contributed by atoms with Crippen LogP contribution in [0.1, 0.15) is 39.2 Å². The molecule has 0 radical (unpaired) electrons. The Morgan fingerprint density at radius 1 is 1.06 bits per heavy atom. The van der Waals surface area contributed by atoms with Crippen molar-refractivity contribution in [2.45, 2.75) is 44.6 Å². The quantitative estimate of drug-likeness (QED) is 0.290. The van der Waals surface area contributed by atoms with E-state index >= 15 is 0 Å². The van der Waals surface area contributed by atoms with Crippen LogP contribution in [0.5, 0.6) is 5.75 Å². The fraction of sp³-hybridized carbons (Fsp3) is 0.708. The van der Waals surface area contributed by atoms with Gasteiger partial charge in [-0.05, 0) is 51.3 Å². The monoisotopic (exact) mass is 560 g/mol. The first-order valence-corrected chi connectivity index (χ1v) is 11.6. The SMILES string of the molecule is CCOc1ccc(C2(CNC(=NC)NCC(C)(C)N3CCOCC3)CCOCC2)cc1.I. The van der Waals surface area contributed by atoms with Crippen molar-refractivity contribution in [3.8, 4) is 5.75 Å². The van der Waals surface area contributed by atoms with Crippen LogP contribution in [0.2, 0.25) is 0 Å². The molecule has 182 valence electrons. The first-order chi connectivity index (χ1) is 15.0. The lowest BCUT2D eigenvalue weighted by molar-refractivity contribution is -0.00835. The number of ether oxygens (including phenoxy) is 3. The maximum atomic E-state index is 5.69. The molecule has 0 amide bonds. The van der Waals surface area contributed by atoms with Crippen molar-refractivity contribution in [1.82, 2.24) is 15.5 Å². The second-order valence-corrected chi connectivity index (χ2v) is 9.04. The van der Waals surface area contributed by atoms with Gasteiger partial charge in [-0.2, -0.15) is 0 Å². The molecule has 3 rings (SSSR count). The Morgan fingerprint density at radius 2 is 1.69 bits per heavy atom. The Bertz CT molecular complexity index is 700. The molecule has 1 aromatic carbocycles. The van der Waals surface area contributed by atoms with Gasteiger partial charge in [0, 0.05) is 57.4 Å². The average Bonchev–Trinajstić information content (AvgIpc) is 2.81. The minimum atomic E-state index is 0. The van der Waals surface area contributed by atoms with Gasteiger partial charge in [-0.1, -0.05) is 12.1 Å². The van der Waals surface area contributed by atoms with E-state index in [1.807, 2.05) is 14.0 Å². The van der Waals surface area contributed by atoms with Gasteiger partial charge in [-0.3, -0.25) is 9.89 Å². The molecule has 2 heterocycles. The van der Waals surface area contributed by atoms with Crippen molar-refractivity contribution in [1.29, 1.82) is 0 Å². The van der Waals surface area contributed by atoms with Crippen LogP contribution in [-0.4, -0.2) is 82.7 Å². The van der Waals surface area contributed by atoms with Gasteiger partial charge in [0.1, 0.15) is 5.75 Å². The highest BCUT2D eigenvalue weighted by Crippen LogP contribution is 2.35. The molecule has 2 N–H and O–H groups in total. The zero-order valence-electron chi connectivity index (χ0n) is 20.1. The second kappa shape index (κ2) is 13.0. The number of nitrogens with one attached hydrogen (secondary N) is 2. The molecule has 7 nitrogen and oxygen atoms in total. The number of nitrogens with zero attached hydrogens (tertiary/aromatic N) is 2. The van der Waals surface area contributed by atoms with Gasteiger partial charge < -0.3 is 24.8 Å². The summed E-state index contributed by atoms with van der Waals surface area (Å²) in [4.78, 5) is 6.97. The van der Waals surface area contributed by atoms with Crippen LogP contribution in [0, 0.1) is 0 Å². The predicted octanol–water partition coefficient (Wildman–Crippen LogP) is 3.03. The van der Waals surface area contributed by atoms with Crippen LogP contribution in [0.25, 0.3) is 0 Å². The minimum absolute atomic E-state index is 0. The topological polar surface area (TPSA) is 67.4 Å². The van der Waals surface area contributed by atoms with Crippen LogP contribution in [0.4, 0.5) is 0 Å². The van der Waals surface area contributed by atoms with Crippen molar-refractivity contribution in [2.75, 3.05) is 66.3 Å². The van der Waals surface area contributed by atoms with Crippen LogP contribution in [0.3, 0.4) is 0 Å². The van der Waals surface area contributed by atoms with Gasteiger partial charge in [0.2, 0.25) is 0 Å². The lowest BCUT2D eigenvalue weighted by atomic mass is 9.74. The number of rotatable bonds is 8. The van der Waals surface area contributed by atoms with Gasteiger partial charge >= 0.3 is 0 Å². The third-order valence-electron chi connectivity index (χ3n) is 6.60. The van der Waals surface area contributed by atoms with Crippen LogP contribution in [0.15, 0.2) is 29.3 Å². The zero-order chi connectivity index (χ0) is 22.2. The van der Waals surface area contributed by atoms with Gasteiger partial charge in [0.25, 0.3) is 0 Å². The maximum Gasteiger partial charge on any atom is 0.191 e. The highest BCUT2D eigenvalue weighted by atomic mass is 127. The van der Waals surface area contributed by atoms with E-state index in [0.29, 0.717) is 6.61 Å². The predicted molar refractivity (Wildman–Crippen MR) is 141 cm³/mol. The van der Waals surface area contributed by atoms with E-state index in [4.69, 9.17) is 14.2 Å². The van der Waals surface area contributed by atoms with E-state index in [1.165, 1.54) is 5.56 Å². The molecule has 2 aliphatic rings. The summed E-state index contributed by atoms with van der Waals surface area (Å²) in [6.45, 7) is 14.0. The molecule has 8 heteroatoms. The molecule has 0 spiro atoms. The maximum absolute atomic E-state index is 5.69. The Labute approximate surface area is 210 Å². The number of morpholine rings is 1. The molecule has 32 heavy (non-hydrogen) atoms.